The molecule has 0 spiro atoms. The van der Waals surface area contributed by atoms with E-state index >= 15 is 0 Å². The lowest BCUT2D eigenvalue weighted by Crippen LogP contribution is -2.39. The van der Waals surface area contributed by atoms with Crippen molar-refractivity contribution in [1.29, 1.82) is 0 Å². The number of carbonyl (C=O) groups is 1. The van der Waals surface area contributed by atoms with Gasteiger partial charge in [0.25, 0.3) is 0 Å². The molecule has 0 radical (unpaired) electrons. The molecular weight excluding hydrogens is 261 g/mol. The second-order valence-electron chi connectivity index (χ2n) is 5.60. The summed E-state index contributed by atoms with van der Waals surface area (Å²) < 4.78 is 14.3. The topological polar surface area (TPSA) is 66.3 Å². The van der Waals surface area contributed by atoms with E-state index in [1.165, 1.54) is 6.33 Å². The van der Waals surface area contributed by atoms with Gasteiger partial charge in [0.15, 0.2) is 11.6 Å². The molecule has 1 aromatic heterocycles. The number of hydrogen-bond donors (Lipinski definition) is 1. The third-order valence-electron chi connectivity index (χ3n) is 4.31. The normalized spacial score (nSPS) is 22.6. The Balaban J connectivity index is 2.32. The first-order chi connectivity index (χ1) is 9.42. The molecule has 1 N–H and O–H groups in total. The fraction of sp³-hybridized carbons (Fsp3) is 0.643. The van der Waals surface area contributed by atoms with E-state index < -0.39 is 17.2 Å². The van der Waals surface area contributed by atoms with Crippen molar-refractivity contribution in [2.24, 2.45) is 11.3 Å². The molecule has 20 heavy (non-hydrogen) atoms. The molecule has 0 aliphatic carbocycles. The molecule has 5 nitrogen and oxygen atoms in total. The summed E-state index contributed by atoms with van der Waals surface area (Å²) in [5.41, 5.74) is -0.462. The summed E-state index contributed by atoms with van der Waals surface area (Å²) in [5.74, 6) is -1.04. The molecule has 1 saturated heterocycles. The smallest absolute Gasteiger partial charge is 0.311 e. The van der Waals surface area contributed by atoms with Gasteiger partial charge in [-0.15, -0.1) is 0 Å². The number of halogens is 1. The molecule has 0 aromatic carbocycles. The molecule has 1 aromatic rings. The van der Waals surface area contributed by atoms with Crippen LogP contribution in [0.5, 0.6) is 0 Å². The average molecular weight is 281 g/mol. The van der Waals surface area contributed by atoms with E-state index in [1.54, 1.807) is 4.90 Å². The lowest BCUT2D eigenvalue weighted by atomic mass is 9.76. The van der Waals surface area contributed by atoms with Gasteiger partial charge in [0.05, 0.1) is 11.1 Å². The van der Waals surface area contributed by atoms with Crippen LogP contribution in [0.1, 0.15) is 32.9 Å². The minimum absolute atomic E-state index is 0.0134. The van der Waals surface area contributed by atoms with Crippen molar-refractivity contribution in [3.8, 4) is 0 Å². The summed E-state index contributed by atoms with van der Waals surface area (Å²) in [7, 11) is 0. The van der Waals surface area contributed by atoms with Crippen LogP contribution in [0.25, 0.3) is 0 Å². The van der Waals surface area contributed by atoms with Crippen LogP contribution in [0.2, 0.25) is 0 Å². The molecule has 110 valence electrons. The minimum Gasteiger partial charge on any atom is -0.481 e. The summed E-state index contributed by atoms with van der Waals surface area (Å²) in [5, 5.41) is 9.52. The molecule has 1 aliphatic heterocycles. The molecule has 0 bridgehead atoms. The van der Waals surface area contributed by atoms with E-state index in [1.807, 2.05) is 20.8 Å². The number of carboxylic acids is 1. The predicted octanol–water partition coefficient (Wildman–Crippen LogP) is 2.12. The summed E-state index contributed by atoms with van der Waals surface area (Å²) in [6.07, 6.45) is 2.34. The van der Waals surface area contributed by atoms with Crippen molar-refractivity contribution in [3.63, 3.8) is 0 Å². The Bertz CT molecular complexity index is 521. The van der Waals surface area contributed by atoms with Crippen LogP contribution in [-0.4, -0.2) is 34.1 Å². The van der Waals surface area contributed by atoms with Gasteiger partial charge in [0.1, 0.15) is 6.33 Å². The lowest BCUT2D eigenvalue weighted by Gasteiger charge is -2.29. The second-order valence-corrected chi connectivity index (χ2v) is 5.60. The second kappa shape index (κ2) is 5.34. The molecule has 1 fully saturated rings. The van der Waals surface area contributed by atoms with E-state index in [-0.39, 0.29) is 18.3 Å². The van der Waals surface area contributed by atoms with Gasteiger partial charge in [-0.3, -0.25) is 4.79 Å². The van der Waals surface area contributed by atoms with Gasteiger partial charge in [-0.1, -0.05) is 20.8 Å². The zero-order chi connectivity index (χ0) is 14.9. The molecule has 1 unspecified atom stereocenters. The van der Waals surface area contributed by atoms with E-state index in [2.05, 4.69) is 9.97 Å². The standard InChI is InChI=1S/C14H20FN3O2/c1-4-10-11(15)12(17-8-16-10)18-6-5-14(7-18,9(2)3)13(19)20/h8-9H,4-7H2,1-3H3,(H,19,20). The fourth-order valence-electron chi connectivity index (χ4n) is 2.77. The highest BCUT2D eigenvalue weighted by molar-refractivity contribution is 5.77. The van der Waals surface area contributed by atoms with Crippen LogP contribution in [0, 0.1) is 17.2 Å². The Hall–Kier alpha value is -1.72. The molecule has 2 rings (SSSR count). The van der Waals surface area contributed by atoms with Crippen LogP contribution in [-0.2, 0) is 11.2 Å². The number of aryl methyl sites for hydroxylation is 1. The zero-order valence-corrected chi connectivity index (χ0v) is 12.1. The maximum atomic E-state index is 14.3. The number of anilines is 1. The first kappa shape index (κ1) is 14.7. The maximum Gasteiger partial charge on any atom is 0.311 e. The van der Waals surface area contributed by atoms with E-state index in [4.69, 9.17) is 0 Å². The van der Waals surface area contributed by atoms with Crippen LogP contribution in [0.4, 0.5) is 10.2 Å². The Morgan fingerprint density at radius 1 is 1.55 bits per heavy atom. The van der Waals surface area contributed by atoms with Crippen molar-refractivity contribution < 1.29 is 14.3 Å². The highest BCUT2D eigenvalue weighted by Gasteiger charge is 2.48. The van der Waals surface area contributed by atoms with Gasteiger partial charge in [-0.2, -0.15) is 0 Å². The van der Waals surface area contributed by atoms with Gasteiger partial charge in [-0.05, 0) is 18.8 Å². The summed E-state index contributed by atoms with van der Waals surface area (Å²) >= 11 is 0. The molecular formula is C14H20FN3O2. The summed E-state index contributed by atoms with van der Waals surface area (Å²) in [4.78, 5) is 21.2. The molecule has 1 atom stereocenters. The largest absolute Gasteiger partial charge is 0.481 e. The molecule has 6 heteroatoms. The average Bonchev–Trinajstić information content (AvgIpc) is 2.85. The van der Waals surface area contributed by atoms with Gasteiger partial charge in [0, 0.05) is 13.1 Å². The van der Waals surface area contributed by atoms with Crippen molar-refractivity contribution in [2.45, 2.75) is 33.6 Å². The van der Waals surface area contributed by atoms with Crippen LogP contribution in [0.15, 0.2) is 6.33 Å². The van der Waals surface area contributed by atoms with Crippen molar-refractivity contribution in [3.05, 3.63) is 17.8 Å². The van der Waals surface area contributed by atoms with Gasteiger partial charge in [0.2, 0.25) is 0 Å². The van der Waals surface area contributed by atoms with Crippen molar-refractivity contribution in [1.82, 2.24) is 9.97 Å². The van der Waals surface area contributed by atoms with Crippen LogP contribution < -0.4 is 4.90 Å². The maximum absolute atomic E-state index is 14.3. The molecule has 0 amide bonds. The lowest BCUT2D eigenvalue weighted by molar-refractivity contribution is -0.150. The number of aliphatic carboxylic acids is 1. The highest BCUT2D eigenvalue weighted by atomic mass is 19.1. The van der Waals surface area contributed by atoms with Gasteiger partial charge >= 0.3 is 5.97 Å². The number of carboxylic acid groups (broad SMARTS) is 1. The zero-order valence-electron chi connectivity index (χ0n) is 12.1. The SMILES string of the molecule is CCc1ncnc(N2CCC(C(=O)O)(C(C)C)C2)c1F. The Labute approximate surface area is 117 Å². The number of aromatic nitrogens is 2. The van der Waals surface area contributed by atoms with Gasteiger partial charge in [-0.25, -0.2) is 14.4 Å². The molecule has 0 saturated carbocycles. The Morgan fingerprint density at radius 3 is 2.75 bits per heavy atom. The number of hydrogen-bond acceptors (Lipinski definition) is 4. The first-order valence-electron chi connectivity index (χ1n) is 6.90. The van der Waals surface area contributed by atoms with Crippen LogP contribution in [0.3, 0.4) is 0 Å². The monoisotopic (exact) mass is 281 g/mol. The van der Waals surface area contributed by atoms with Crippen molar-refractivity contribution >= 4 is 11.8 Å². The predicted molar refractivity (Wildman–Crippen MR) is 73.1 cm³/mol. The molecule has 1 aliphatic rings. The number of nitrogens with zero attached hydrogens (tertiary/aromatic N) is 3. The third kappa shape index (κ3) is 2.23. The first-order valence-corrected chi connectivity index (χ1v) is 6.90. The summed E-state index contributed by atoms with van der Waals surface area (Å²) in [6, 6.07) is 0. The third-order valence-corrected chi connectivity index (χ3v) is 4.31. The van der Waals surface area contributed by atoms with E-state index in [9.17, 15) is 14.3 Å². The van der Waals surface area contributed by atoms with E-state index in [0.29, 0.717) is 25.1 Å². The minimum atomic E-state index is -0.830. The summed E-state index contributed by atoms with van der Waals surface area (Å²) in [6.45, 7) is 6.41. The van der Waals surface area contributed by atoms with Crippen LogP contribution >= 0.6 is 0 Å². The van der Waals surface area contributed by atoms with Gasteiger partial charge < -0.3 is 10.0 Å². The highest BCUT2D eigenvalue weighted by Crippen LogP contribution is 2.40. The Morgan fingerprint density at radius 2 is 2.25 bits per heavy atom. The fourth-order valence-corrected chi connectivity index (χ4v) is 2.77. The Kier molecular flexibility index (Phi) is 3.92. The van der Waals surface area contributed by atoms with Crippen molar-refractivity contribution in [2.75, 3.05) is 18.0 Å². The van der Waals surface area contributed by atoms with E-state index in [0.717, 1.165) is 0 Å². The molecule has 2 heterocycles. The quantitative estimate of drug-likeness (QED) is 0.915. The number of rotatable bonds is 4.